The van der Waals surface area contributed by atoms with Crippen LogP contribution in [0.1, 0.15) is 47.9 Å². The number of methoxy groups -OCH3 is 2. The van der Waals surface area contributed by atoms with Crippen LogP contribution in [0.25, 0.3) is 32.9 Å². The van der Waals surface area contributed by atoms with E-state index in [0.29, 0.717) is 13.2 Å². The lowest BCUT2D eigenvalue weighted by atomic mass is 10.0. The van der Waals surface area contributed by atoms with Crippen molar-refractivity contribution in [1.82, 2.24) is 4.98 Å². The average molecular weight is 594 g/mol. The number of benzene rings is 4. The molecule has 0 unspecified atom stereocenters. The number of fused-ring (bicyclic) bond motifs is 1. The van der Waals surface area contributed by atoms with Gasteiger partial charge in [-0.15, -0.1) is 11.3 Å². The highest BCUT2D eigenvalue weighted by atomic mass is 32.1. The predicted molar refractivity (Wildman–Crippen MR) is 179 cm³/mol. The van der Waals surface area contributed by atoms with Crippen molar-refractivity contribution >= 4 is 33.7 Å². The van der Waals surface area contributed by atoms with Crippen LogP contribution >= 0.6 is 11.3 Å². The number of aryl methyl sites for hydroxylation is 1. The number of nitrogens with zero attached hydrogens (tertiary/aromatic N) is 1. The van der Waals surface area contributed by atoms with Gasteiger partial charge in [0, 0.05) is 5.56 Å². The minimum Gasteiger partial charge on any atom is -0.496 e. The van der Waals surface area contributed by atoms with E-state index in [1.807, 2.05) is 36.4 Å². The van der Waals surface area contributed by atoms with Crippen molar-refractivity contribution in [3.05, 3.63) is 101 Å². The van der Waals surface area contributed by atoms with E-state index in [1.165, 1.54) is 15.8 Å². The van der Waals surface area contributed by atoms with Crippen LogP contribution in [0.15, 0.2) is 78.9 Å². The first-order valence-electron chi connectivity index (χ1n) is 14.8. The van der Waals surface area contributed by atoms with Crippen LogP contribution in [-0.4, -0.2) is 32.4 Å². The second kappa shape index (κ2) is 14.7. The molecule has 0 aliphatic rings. The van der Waals surface area contributed by atoms with Crippen LogP contribution in [0.3, 0.4) is 0 Å². The van der Waals surface area contributed by atoms with E-state index in [9.17, 15) is 0 Å². The molecular weight excluding hydrogens is 554 g/mol. The van der Waals surface area contributed by atoms with Gasteiger partial charge in [0.15, 0.2) is 11.5 Å². The molecule has 0 amide bonds. The van der Waals surface area contributed by atoms with Crippen LogP contribution in [0, 0.1) is 13.8 Å². The van der Waals surface area contributed by atoms with Gasteiger partial charge in [-0.05, 0) is 116 Å². The Kier molecular flexibility index (Phi) is 10.3. The van der Waals surface area contributed by atoms with Gasteiger partial charge < -0.3 is 18.9 Å². The maximum Gasteiger partial charge on any atom is 0.161 e. The standard InChI is InChI=1S/C37H39NO4S/c1-26-23-29(25-34(40-4)27(26)2)14-13-28-15-20-33(39-3)35(24-28)42-22-10-6-5-9-21-41-31-18-16-30(17-19-31)37-38-32-11-7-8-12-36(32)43-37/h7-8,11-20,23-25H,5-6,9-10,21-22H2,1-4H3/b14-13-. The Labute approximate surface area is 258 Å². The van der Waals surface area contributed by atoms with Crippen molar-refractivity contribution in [1.29, 1.82) is 0 Å². The van der Waals surface area contributed by atoms with Crippen molar-refractivity contribution in [2.75, 3.05) is 27.4 Å². The van der Waals surface area contributed by atoms with Gasteiger partial charge >= 0.3 is 0 Å². The summed E-state index contributed by atoms with van der Waals surface area (Å²) in [5.41, 5.74) is 6.69. The third-order valence-electron chi connectivity index (χ3n) is 7.48. The van der Waals surface area contributed by atoms with Crippen molar-refractivity contribution in [3.8, 4) is 33.6 Å². The van der Waals surface area contributed by atoms with E-state index < -0.39 is 0 Å². The predicted octanol–water partition coefficient (Wildman–Crippen LogP) is 9.79. The SMILES string of the molecule is COc1ccc(/C=C\c2cc(C)c(C)c(OC)c2)cc1OCCCCCCOc1ccc(-c2nc3ccccc3s2)cc1. The van der Waals surface area contributed by atoms with Gasteiger partial charge in [0.25, 0.3) is 0 Å². The van der Waals surface area contributed by atoms with E-state index in [4.69, 9.17) is 23.9 Å². The number of hydrogen-bond donors (Lipinski definition) is 0. The van der Waals surface area contributed by atoms with E-state index >= 15 is 0 Å². The van der Waals surface area contributed by atoms with Gasteiger partial charge in [-0.3, -0.25) is 0 Å². The smallest absolute Gasteiger partial charge is 0.161 e. The second-order valence-corrected chi connectivity index (χ2v) is 11.6. The molecule has 0 atom stereocenters. The zero-order valence-electron chi connectivity index (χ0n) is 25.4. The summed E-state index contributed by atoms with van der Waals surface area (Å²) in [6.07, 6.45) is 8.34. The molecule has 222 valence electrons. The summed E-state index contributed by atoms with van der Waals surface area (Å²) in [7, 11) is 3.38. The molecule has 5 nitrogen and oxygen atoms in total. The van der Waals surface area contributed by atoms with Crippen LogP contribution < -0.4 is 18.9 Å². The monoisotopic (exact) mass is 593 g/mol. The molecule has 0 radical (unpaired) electrons. The van der Waals surface area contributed by atoms with Gasteiger partial charge in [-0.25, -0.2) is 4.98 Å². The molecule has 4 aromatic carbocycles. The molecule has 0 saturated heterocycles. The topological polar surface area (TPSA) is 49.8 Å². The lowest BCUT2D eigenvalue weighted by Gasteiger charge is -2.12. The molecule has 1 heterocycles. The number of unbranched alkanes of at least 4 members (excludes halogenated alkanes) is 3. The fourth-order valence-electron chi connectivity index (χ4n) is 4.88. The molecule has 0 N–H and O–H groups in total. The van der Waals surface area contributed by atoms with E-state index in [2.05, 4.69) is 68.5 Å². The Morgan fingerprint density at radius 2 is 1.37 bits per heavy atom. The fraction of sp³-hybridized carbons (Fsp3) is 0.270. The summed E-state index contributed by atoms with van der Waals surface area (Å²) in [4.78, 5) is 4.74. The van der Waals surface area contributed by atoms with Crippen molar-refractivity contribution < 1.29 is 18.9 Å². The molecule has 0 fully saturated rings. The first kappa shape index (κ1) is 30.2. The Bertz CT molecular complexity index is 1640. The largest absolute Gasteiger partial charge is 0.496 e. The number of hydrogen-bond acceptors (Lipinski definition) is 6. The summed E-state index contributed by atoms with van der Waals surface area (Å²) in [5.74, 6) is 3.30. The highest BCUT2D eigenvalue weighted by Gasteiger charge is 2.08. The third-order valence-corrected chi connectivity index (χ3v) is 8.56. The summed E-state index contributed by atoms with van der Waals surface area (Å²) in [6, 6.07) is 26.7. The Morgan fingerprint density at radius 3 is 2.12 bits per heavy atom. The zero-order chi connectivity index (χ0) is 30.0. The van der Waals surface area contributed by atoms with E-state index in [1.54, 1.807) is 25.6 Å². The lowest BCUT2D eigenvalue weighted by molar-refractivity contribution is 0.277. The molecule has 6 heteroatoms. The van der Waals surface area contributed by atoms with Crippen molar-refractivity contribution in [2.24, 2.45) is 0 Å². The van der Waals surface area contributed by atoms with Gasteiger partial charge in [-0.2, -0.15) is 0 Å². The van der Waals surface area contributed by atoms with E-state index in [-0.39, 0.29) is 0 Å². The molecule has 0 bridgehead atoms. The minimum atomic E-state index is 0.645. The summed E-state index contributed by atoms with van der Waals surface area (Å²) in [5, 5.41) is 1.04. The second-order valence-electron chi connectivity index (χ2n) is 10.5. The quantitative estimate of drug-likeness (QED) is 0.0947. The molecule has 0 aliphatic carbocycles. The Balaban J connectivity index is 1.03. The van der Waals surface area contributed by atoms with Crippen molar-refractivity contribution in [3.63, 3.8) is 0 Å². The lowest BCUT2D eigenvalue weighted by Crippen LogP contribution is -2.01. The van der Waals surface area contributed by atoms with Gasteiger partial charge in [0.2, 0.25) is 0 Å². The Morgan fingerprint density at radius 1 is 0.674 bits per heavy atom. The van der Waals surface area contributed by atoms with Crippen LogP contribution in [-0.2, 0) is 0 Å². The first-order chi connectivity index (χ1) is 21.0. The molecule has 1 aromatic heterocycles. The maximum atomic E-state index is 6.12. The number of ether oxygens (including phenoxy) is 4. The van der Waals surface area contributed by atoms with Gasteiger partial charge in [0.05, 0.1) is 37.6 Å². The average Bonchev–Trinajstić information content (AvgIpc) is 3.47. The zero-order valence-corrected chi connectivity index (χ0v) is 26.2. The molecule has 5 rings (SSSR count). The summed E-state index contributed by atoms with van der Waals surface area (Å²) >= 11 is 1.72. The van der Waals surface area contributed by atoms with Crippen molar-refractivity contribution in [2.45, 2.75) is 39.5 Å². The number of thiazole rings is 1. The Hall–Kier alpha value is -4.29. The normalized spacial score (nSPS) is 11.3. The van der Waals surface area contributed by atoms with Crippen LogP contribution in [0.5, 0.6) is 23.0 Å². The molecule has 43 heavy (non-hydrogen) atoms. The highest BCUT2D eigenvalue weighted by molar-refractivity contribution is 7.21. The third kappa shape index (κ3) is 7.96. The van der Waals surface area contributed by atoms with Gasteiger partial charge in [0.1, 0.15) is 16.5 Å². The van der Waals surface area contributed by atoms with Gasteiger partial charge in [-0.1, -0.05) is 36.4 Å². The number of aromatic nitrogens is 1. The molecular formula is C37H39NO4S. The molecule has 5 aromatic rings. The maximum absolute atomic E-state index is 6.12. The molecule has 0 saturated carbocycles. The molecule has 0 spiro atoms. The minimum absolute atomic E-state index is 0.645. The van der Waals surface area contributed by atoms with Crippen LogP contribution in [0.2, 0.25) is 0 Å². The van der Waals surface area contributed by atoms with E-state index in [0.717, 1.165) is 75.9 Å². The number of para-hydroxylation sites is 1. The summed E-state index contributed by atoms with van der Waals surface area (Å²) < 4.78 is 24.4. The van der Waals surface area contributed by atoms with Crippen LogP contribution in [0.4, 0.5) is 0 Å². The first-order valence-corrected chi connectivity index (χ1v) is 15.6. The number of rotatable bonds is 14. The molecule has 0 aliphatic heterocycles. The highest BCUT2D eigenvalue weighted by Crippen LogP contribution is 2.32. The fourth-order valence-corrected chi connectivity index (χ4v) is 5.85. The summed E-state index contributed by atoms with van der Waals surface area (Å²) in [6.45, 7) is 5.53.